The van der Waals surface area contributed by atoms with Crippen LogP contribution in [0.25, 0.3) is 0 Å². The van der Waals surface area contributed by atoms with E-state index in [1.165, 1.54) is 29.7 Å². The Morgan fingerprint density at radius 2 is 1.95 bits per heavy atom. The van der Waals surface area contributed by atoms with E-state index in [0.717, 1.165) is 18.0 Å². The van der Waals surface area contributed by atoms with E-state index in [-0.39, 0.29) is 0 Å². The molecule has 1 aromatic rings. The van der Waals surface area contributed by atoms with Gasteiger partial charge in [-0.25, -0.2) is 0 Å². The Hall–Kier alpha value is -0.870. The number of nitrogens with one attached hydrogen (secondary N) is 1. The van der Waals surface area contributed by atoms with Gasteiger partial charge < -0.3 is 14.8 Å². The van der Waals surface area contributed by atoms with Gasteiger partial charge in [-0.15, -0.1) is 11.8 Å². The van der Waals surface area contributed by atoms with E-state index < -0.39 is 0 Å². The van der Waals surface area contributed by atoms with Gasteiger partial charge in [0.1, 0.15) is 13.2 Å². The van der Waals surface area contributed by atoms with E-state index in [1.807, 2.05) is 0 Å². The maximum Gasteiger partial charge on any atom is 0.162 e. The standard InChI is InChI=1S/C17H25NO2S/c1-17(2)6-4-5-16(17)18-11-12-9-13-14(10-15(12)21-3)20-8-7-19-13/h9-10,16,18H,4-8,11H2,1-3H3. The lowest BCUT2D eigenvalue weighted by Gasteiger charge is -2.28. The van der Waals surface area contributed by atoms with Gasteiger partial charge in [0.2, 0.25) is 0 Å². The fourth-order valence-electron chi connectivity index (χ4n) is 3.38. The summed E-state index contributed by atoms with van der Waals surface area (Å²) in [6, 6.07) is 4.88. The van der Waals surface area contributed by atoms with E-state index in [2.05, 4.69) is 37.6 Å². The van der Waals surface area contributed by atoms with Gasteiger partial charge >= 0.3 is 0 Å². The Balaban J connectivity index is 1.75. The van der Waals surface area contributed by atoms with Gasteiger partial charge in [0, 0.05) is 17.5 Å². The van der Waals surface area contributed by atoms with Crippen LogP contribution >= 0.6 is 11.8 Å². The van der Waals surface area contributed by atoms with Gasteiger partial charge in [-0.05, 0) is 42.2 Å². The second-order valence-electron chi connectivity index (χ2n) is 6.62. The first kappa shape index (κ1) is 15.0. The first-order valence-corrected chi connectivity index (χ1v) is 9.02. The zero-order chi connectivity index (χ0) is 14.9. The van der Waals surface area contributed by atoms with Crippen molar-refractivity contribution in [3.63, 3.8) is 0 Å². The molecule has 4 heteroatoms. The van der Waals surface area contributed by atoms with Crippen molar-refractivity contribution in [1.29, 1.82) is 0 Å². The second kappa shape index (κ2) is 6.09. The molecular formula is C17H25NO2S. The van der Waals surface area contributed by atoms with Crippen molar-refractivity contribution in [3.05, 3.63) is 17.7 Å². The molecule has 21 heavy (non-hydrogen) atoms. The van der Waals surface area contributed by atoms with Crippen LogP contribution in [-0.2, 0) is 6.54 Å². The molecule has 1 N–H and O–H groups in total. The summed E-state index contributed by atoms with van der Waals surface area (Å²) in [5, 5.41) is 3.76. The molecule has 0 amide bonds. The quantitative estimate of drug-likeness (QED) is 0.856. The van der Waals surface area contributed by atoms with E-state index in [0.29, 0.717) is 24.7 Å². The third-order valence-corrected chi connectivity index (χ3v) is 5.56. The van der Waals surface area contributed by atoms with Gasteiger partial charge in [0.25, 0.3) is 0 Å². The molecule has 0 radical (unpaired) electrons. The highest BCUT2D eigenvalue weighted by molar-refractivity contribution is 7.98. The molecule has 1 heterocycles. The molecule has 0 spiro atoms. The number of hydrogen-bond acceptors (Lipinski definition) is 4. The first-order valence-electron chi connectivity index (χ1n) is 7.80. The van der Waals surface area contributed by atoms with Crippen molar-refractivity contribution in [2.45, 2.75) is 50.6 Å². The average molecular weight is 307 g/mol. The largest absolute Gasteiger partial charge is 0.486 e. The van der Waals surface area contributed by atoms with Crippen LogP contribution in [0.3, 0.4) is 0 Å². The number of ether oxygens (including phenoxy) is 2. The molecule has 1 fully saturated rings. The van der Waals surface area contributed by atoms with Gasteiger partial charge in [-0.3, -0.25) is 0 Å². The number of hydrogen-bond donors (Lipinski definition) is 1. The van der Waals surface area contributed by atoms with Crippen molar-refractivity contribution >= 4 is 11.8 Å². The normalized spacial score (nSPS) is 23.3. The average Bonchev–Trinajstić information content (AvgIpc) is 2.82. The maximum absolute atomic E-state index is 5.71. The summed E-state index contributed by atoms with van der Waals surface area (Å²) in [7, 11) is 0. The molecule has 3 nitrogen and oxygen atoms in total. The molecule has 0 aromatic heterocycles. The van der Waals surface area contributed by atoms with E-state index in [1.54, 1.807) is 11.8 Å². The zero-order valence-corrected chi connectivity index (χ0v) is 14.0. The summed E-state index contributed by atoms with van der Waals surface area (Å²) in [5.41, 5.74) is 1.72. The molecule has 1 unspecified atom stereocenters. The summed E-state index contributed by atoms with van der Waals surface area (Å²) in [4.78, 5) is 1.28. The Bertz CT molecular complexity index is 516. The fourth-order valence-corrected chi connectivity index (χ4v) is 4.00. The predicted molar refractivity (Wildman–Crippen MR) is 87.5 cm³/mol. The SMILES string of the molecule is CSc1cc2c(cc1CNC1CCCC1(C)C)OCCO2. The number of benzene rings is 1. The molecule has 0 saturated heterocycles. The van der Waals surface area contributed by atoms with Crippen LogP contribution in [0.2, 0.25) is 0 Å². The second-order valence-corrected chi connectivity index (χ2v) is 7.47. The highest BCUT2D eigenvalue weighted by Gasteiger charge is 2.34. The number of thioether (sulfide) groups is 1. The van der Waals surface area contributed by atoms with Gasteiger partial charge in [0.15, 0.2) is 11.5 Å². The van der Waals surface area contributed by atoms with E-state index in [4.69, 9.17) is 9.47 Å². The van der Waals surface area contributed by atoms with Crippen LogP contribution in [0.15, 0.2) is 17.0 Å². The Kier molecular flexibility index (Phi) is 4.36. The van der Waals surface area contributed by atoms with Crippen LogP contribution in [-0.4, -0.2) is 25.5 Å². The van der Waals surface area contributed by atoms with Crippen LogP contribution in [0.5, 0.6) is 11.5 Å². The van der Waals surface area contributed by atoms with Crippen molar-refractivity contribution < 1.29 is 9.47 Å². The van der Waals surface area contributed by atoms with E-state index in [9.17, 15) is 0 Å². The van der Waals surface area contributed by atoms with Crippen molar-refractivity contribution in [2.75, 3.05) is 19.5 Å². The van der Waals surface area contributed by atoms with Crippen molar-refractivity contribution in [2.24, 2.45) is 5.41 Å². The lowest BCUT2D eigenvalue weighted by molar-refractivity contribution is 0.170. The minimum Gasteiger partial charge on any atom is -0.486 e. The third kappa shape index (κ3) is 3.16. The molecule has 2 aliphatic rings. The molecule has 1 aromatic carbocycles. The minimum absolute atomic E-state index is 0.410. The highest BCUT2D eigenvalue weighted by Crippen LogP contribution is 2.39. The molecule has 1 saturated carbocycles. The molecule has 3 rings (SSSR count). The maximum atomic E-state index is 5.71. The summed E-state index contributed by atoms with van der Waals surface area (Å²) in [6.45, 7) is 6.94. The molecule has 116 valence electrons. The van der Waals surface area contributed by atoms with Crippen LogP contribution < -0.4 is 14.8 Å². The Labute approximate surface area is 131 Å². The first-order chi connectivity index (χ1) is 10.1. The topological polar surface area (TPSA) is 30.5 Å². The third-order valence-electron chi connectivity index (χ3n) is 4.74. The lowest BCUT2D eigenvalue weighted by atomic mass is 9.87. The molecule has 1 atom stereocenters. The lowest BCUT2D eigenvalue weighted by Crippen LogP contribution is -2.37. The molecule has 1 aliphatic carbocycles. The summed E-state index contributed by atoms with van der Waals surface area (Å²) in [5.74, 6) is 1.78. The summed E-state index contributed by atoms with van der Waals surface area (Å²) >= 11 is 1.78. The summed E-state index contributed by atoms with van der Waals surface area (Å²) < 4.78 is 11.4. The van der Waals surface area contributed by atoms with Gasteiger partial charge in [-0.2, -0.15) is 0 Å². The minimum atomic E-state index is 0.410. The summed E-state index contributed by atoms with van der Waals surface area (Å²) in [6.07, 6.45) is 6.06. The van der Waals surface area contributed by atoms with Crippen molar-refractivity contribution in [1.82, 2.24) is 5.32 Å². The zero-order valence-electron chi connectivity index (χ0n) is 13.2. The van der Waals surface area contributed by atoms with Crippen LogP contribution in [0.4, 0.5) is 0 Å². The number of rotatable bonds is 4. The smallest absolute Gasteiger partial charge is 0.162 e. The molecule has 0 bridgehead atoms. The highest BCUT2D eigenvalue weighted by atomic mass is 32.2. The van der Waals surface area contributed by atoms with Crippen LogP contribution in [0.1, 0.15) is 38.7 Å². The van der Waals surface area contributed by atoms with Gasteiger partial charge in [-0.1, -0.05) is 20.3 Å². The fraction of sp³-hybridized carbons (Fsp3) is 0.647. The molecule has 1 aliphatic heterocycles. The van der Waals surface area contributed by atoms with Crippen molar-refractivity contribution in [3.8, 4) is 11.5 Å². The monoisotopic (exact) mass is 307 g/mol. The van der Waals surface area contributed by atoms with Crippen LogP contribution in [0, 0.1) is 5.41 Å². The predicted octanol–water partition coefficient (Wildman–Crippen LogP) is 3.85. The van der Waals surface area contributed by atoms with E-state index >= 15 is 0 Å². The van der Waals surface area contributed by atoms with Gasteiger partial charge in [0.05, 0.1) is 0 Å². The molecular weight excluding hydrogens is 282 g/mol. The Morgan fingerprint density at radius 3 is 2.57 bits per heavy atom. The number of fused-ring (bicyclic) bond motifs is 1. The Morgan fingerprint density at radius 1 is 1.24 bits per heavy atom.